The Kier molecular flexibility index (Phi) is 4.93. The molecule has 0 radical (unpaired) electrons. The van der Waals surface area contributed by atoms with Gasteiger partial charge in [0.25, 0.3) is 0 Å². The summed E-state index contributed by atoms with van der Waals surface area (Å²) in [5.41, 5.74) is 1.31. The Morgan fingerprint density at radius 2 is 2.16 bits per heavy atom. The first-order valence-corrected chi connectivity index (χ1v) is 6.76. The fourth-order valence-electron chi connectivity index (χ4n) is 2.73. The van der Waals surface area contributed by atoms with Crippen LogP contribution in [0, 0.1) is 5.92 Å². The summed E-state index contributed by atoms with van der Waals surface area (Å²) < 4.78 is 4.88. The van der Waals surface area contributed by atoms with Crippen LogP contribution in [-0.2, 0) is 16.1 Å². The summed E-state index contributed by atoms with van der Waals surface area (Å²) in [6.07, 6.45) is 0.852. The second kappa shape index (κ2) is 6.68. The van der Waals surface area contributed by atoms with Crippen molar-refractivity contribution in [1.29, 1.82) is 0 Å². The Hall–Kier alpha value is -1.39. The summed E-state index contributed by atoms with van der Waals surface area (Å²) in [6.45, 7) is 2.75. The van der Waals surface area contributed by atoms with Crippen LogP contribution in [0.3, 0.4) is 0 Å². The number of methoxy groups -OCH3 is 1. The molecule has 4 nitrogen and oxygen atoms in total. The quantitative estimate of drug-likeness (QED) is 0.830. The molecule has 1 aliphatic rings. The first-order chi connectivity index (χ1) is 9.24. The normalized spacial score (nSPS) is 24.1. The highest BCUT2D eigenvalue weighted by Crippen LogP contribution is 2.20. The summed E-state index contributed by atoms with van der Waals surface area (Å²) in [5.74, 6) is -0.124. The summed E-state index contributed by atoms with van der Waals surface area (Å²) >= 11 is 0. The maximum absolute atomic E-state index is 11.7. The molecule has 2 atom stereocenters. The van der Waals surface area contributed by atoms with Crippen molar-refractivity contribution in [3.05, 3.63) is 35.9 Å². The van der Waals surface area contributed by atoms with Gasteiger partial charge in [-0.15, -0.1) is 0 Å². The van der Waals surface area contributed by atoms with E-state index < -0.39 is 0 Å². The molecule has 0 spiro atoms. The van der Waals surface area contributed by atoms with Gasteiger partial charge in [-0.2, -0.15) is 0 Å². The number of benzene rings is 1. The second-order valence-electron chi connectivity index (χ2n) is 5.03. The zero-order valence-corrected chi connectivity index (χ0v) is 11.6. The van der Waals surface area contributed by atoms with E-state index in [1.165, 1.54) is 12.7 Å². The predicted molar refractivity (Wildman–Crippen MR) is 74.7 cm³/mol. The third kappa shape index (κ3) is 3.55. The highest BCUT2D eigenvalue weighted by Gasteiger charge is 2.33. The number of carbonyl (C=O) groups excluding carboxylic acids is 1. The first kappa shape index (κ1) is 14.0. The van der Waals surface area contributed by atoms with Crippen molar-refractivity contribution in [2.24, 2.45) is 5.92 Å². The topological polar surface area (TPSA) is 41.6 Å². The van der Waals surface area contributed by atoms with Crippen LogP contribution in [0.1, 0.15) is 12.0 Å². The van der Waals surface area contributed by atoms with Crippen LogP contribution in [0.25, 0.3) is 0 Å². The van der Waals surface area contributed by atoms with E-state index >= 15 is 0 Å². The van der Waals surface area contributed by atoms with E-state index in [1.807, 2.05) is 13.1 Å². The molecule has 2 unspecified atom stereocenters. The molecule has 1 aromatic carbocycles. The molecule has 2 rings (SSSR count). The van der Waals surface area contributed by atoms with E-state index in [9.17, 15) is 4.79 Å². The second-order valence-corrected chi connectivity index (χ2v) is 5.03. The van der Waals surface area contributed by atoms with Crippen molar-refractivity contribution >= 4 is 5.97 Å². The van der Waals surface area contributed by atoms with Gasteiger partial charge in [0, 0.05) is 19.1 Å². The van der Waals surface area contributed by atoms with E-state index in [2.05, 4.69) is 34.5 Å². The number of likely N-dealkylation sites (N-methyl/N-ethyl adjacent to an activating group) is 1. The van der Waals surface area contributed by atoms with E-state index in [0.717, 1.165) is 26.1 Å². The molecule has 1 heterocycles. The van der Waals surface area contributed by atoms with Crippen molar-refractivity contribution in [1.82, 2.24) is 10.2 Å². The Balaban J connectivity index is 1.95. The van der Waals surface area contributed by atoms with Gasteiger partial charge in [0.2, 0.25) is 0 Å². The van der Waals surface area contributed by atoms with Gasteiger partial charge in [0.1, 0.15) is 0 Å². The Bertz CT molecular complexity index is 408. The van der Waals surface area contributed by atoms with Crippen molar-refractivity contribution in [2.45, 2.75) is 19.0 Å². The fraction of sp³-hybridized carbons (Fsp3) is 0.533. The first-order valence-electron chi connectivity index (χ1n) is 6.76. The Morgan fingerprint density at radius 1 is 1.42 bits per heavy atom. The van der Waals surface area contributed by atoms with E-state index in [-0.39, 0.29) is 17.9 Å². The molecule has 1 fully saturated rings. The van der Waals surface area contributed by atoms with Crippen molar-refractivity contribution < 1.29 is 9.53 Å². The predicted octanol–water partition coefficient (Wildman–Crippen LogP) is 1.27. The molecule has 0 amide bonds. The maximum atomic E-state index is 11.7. The van der Waals surface area contributed by atoms with Gasteiger partial charge in [0.05, 0.1) is 13.0 Å². The van der Waals surface area contributed by atoms with Crippen LogP contribution >= 0.6 is 0 Å². The average Bonchev–Trinajstić information content (AvgIpc) is 2.47. The van der Waals surface area contributed by atoms with Crippen molar-refractivity contribution in [3.63, 3.8) is 0 Å². The molecule has 1 aliphatic heterocycles. The number of rotatable bonds is 4. The van der Waals surface area contributed by atoms with Crippen LogP contribution in [0.5, 0.6) is 0 Å². The van der Waals surface area contributed by atoms with Gasteiger partial charge in [-0.3, -0.25) is 9.69 Å². The smallest absolute Gasteiger partial charge is 0.310 e. The van der Waals surface area contributed by atoms with Crippen LogP contribution in [-0.4, -0.2) is 44.2 Å². The lowest BCUT2D eigenvalue weighted by atomic mass is 9.91. The van der Waals surface area contributed by atoms with E-state index in [1.54, 1.807) is 0 Å². The molecular formula is C15H22N2O2. The Labute approximate surface area is 114 Å². The van der Waals surface area contributed by atoms with Crippen LogP contribution in [0.4, 0.5) is 0 Å². The third-order valence-electron chi connectivity index (χ3n) is 3.82. The lowest BCUT2D eigenvalue weighted by Gasteiger charge is -2.37. The highest BCUT2D eigenvalue weighted by atomic mass is 16.5. The van der Waals surface area contributed by atoms with Crippen LogP contribution in [0.2, 0.25) is 0 Å². The number of nitrogens with one attached hydrogen (secondary N) is 1. The minimum atomic E-state index is -0.0984. The molecule has 19 heavy (non-hydrogen) atoms. The number of likely N-dealkylation sites (tertiary alicyclic amines) is 1. The number of ether oxygens (including phenoxy) is 1. The number of hydrogen-bond donors (Lipinski definition) is 1. The molecule has 0 bridgehead atoms. The average molecular weight is 262 g/mol. The number of esters is 1. The lowest BCUT2D eigenvalue weighted by molar-refractivity contribution is -0.148. The molecule has 4 heteroatoms. The zero-order valence-electron chi connectivity index (χ0n) is 11.6. The summed E-state index contributed by atoms with van der Waals surface area (Å²) in [7, 11) is 3.37. The third-order valence-corrected chi connectivity index (χ3v) is 3.82. The SMILES string of the molecule is CNC1CN(Cc2ccccc2)CCC1C(=O)OC. The molecule has 0 aliphatic carbocycles. The van der Waals surface area contributed by atoms with E-state index in [0.29, 0.717) is 0 Å². The lowest BCUT2D eigenvalue weighted by Crippen LogP contribution is -2.52. The van der Waals surface area contributed by atoms with Crippen LogP contribution in [0.15, 0.2) is 30.3 Å². The van der Waals surface area contributed by atoms with Crippen molar-refractivity contribution in [3.8, 4) is 0 Å². The summed E-state index contributed by atoms with van der Waals surface area (Å²) in [6, 6.07) is 10.6. The standard InChI is InChI=1S/C15H22N2O2/c1-16-14-11-17(9-8-13(14)15(18)19-2)10-12-6-4-3-5-7-12/h3-7,13-14,16H,8-11H2,1-2H3. The number of hydrogen-bond acceptors (Lipinski definition) is 4. The van der Waals surface area contributed by atoms with Gasteiger partial charge in [-0.1, -0.05) is 30.3 Å². The highest BCUT2D eigenvalue weighted by molar-refractivity contribution is 5.73. The van der Waals surface area contributed by atoms with Crippen LogP contribution < -0.4 is 5.32 Å². The Morgan fingerprint density at radius 3 is 2.79 bits per heavy atom. The number of nitrogens with zero attached hydrogens (tertiary/aromatic N) is 1. The van der Waals surface area contributed by atoms with Gasteiger partial charge >= 0.3 is 5.97 Å². The molecule has 1 N–H and O–H groups in total. The zero-order chi connectivity index (χ0) is 13.7. The largest absolute Gasteiger partial charge is 0.469 e. The monoisotopic (exact) mass is 262 g/mol. The van der Waals surface area contributed by atoms with Gasteiger partial charge in [-0.25, -0.2) is 0 Å². The van der Waals surface area contributed by atoms with E-state index in [4.69, 9.17) is 4.74 Å². The number of piperidine rings is 1. The minimum Gasteiger partial charge on any atom is -0.469 e. The fourth-order valence-corrected chi connectivity index (χ4v) is 2.73. The number of carbonyl (C=O) groups is 1. The van der Waals surface area contributed by atoms with Gasteiger partial charge < -0.3 is 10.1 Å². The molecular weight excluding hydrogens is 240 g/mol. The summed E-state index contributed by atoms with van der Waals surface area (Å²) in [5, 5.41) is 3.24. The van der Waals surface area contributed by atoms with Gasteiger partial charge in [0.15, 0.2) is 0 Å². The molecule has 1 aromatic rings. The molecule has 0 aromatic heterocycles. The molecule has 0 saturated carbocycles. The van der Waals surface area contributed by atoms with Gasteiger partial charge in [-0.05, 0) is 25.6 Å². The molecule has 1 saturated heterocycles. The summed E-state index contributed by atoms with van der Waals surface area (Å²) in [4.78, 5) is 14.1. The maximum Gasteiger partial charge on any atom is 0.310 e. The molecule has 104 valence electrons. The minimum absolute atomic E-state index is 0.0259. The van der Waals surface area contributed by atoms with Crippen molar-refractivity contribution in [2.75, 3.05) is 27.2 Å².